The van der Waals surface area contributed by atoms with Gasteiger partial charge in [-0.3, -0.25) is 0 Å². The Morgan fingerprint density at radius 2 is 1.88 bits per heavy atom. The number of aromatic nitrogens is 1. The van der Waals surface area contributed by atoms with Crippen molar-refractivity contribution in [1.82, 2.24) is 4.98 Å². The molecule has 2 aromatic rings. The molecule has 0 amide bonds. The van der Waals surface area contributed by atoms with Gasteiger partial charge in [0, 0.05) is 11.1 Å². The number of benzene rings is 1. The van der Waals surface area contributed by atoms with Crippen LogP contribution in [-0.4, -0.2) is 4.98 Å². The second-order valence-electron chi connectivity index (χ2n) is 4.33. The van der Waals surface area contributed by atoms with E-state index < -0.39 is 5.82 Å². The van der Waals surface area contributed by atoms with Crippen molar-refractivity contribution in [3.63, 3.8) is 0 Å². The van der Waals surface area contributed by atoms with Crippen LogP contribution < -0.4 is 0 Å². The zero-order valence-corrected chi connectivity index (χ0v) is 11.3. The molecule has 0 atom stereocenters. The van der Waals surface area contributed by atoms with Crippen LogP contribution in [0.4, 0.5) is 4.39 Å². The molecular weight excluding hydrogens is 260 g/mol. The monoisotopic (exact) mass is 271 g/mol. The first-order valence-electron chi connectivity index (χ1n) is 5.37. The van der Waals surface area contributed by atoms with E-state index in [0.29, 0.717) is 15.4 Å². The van der Waals surface area contributed by atoms with Crippen molar-refractivity contribution in [3.05, 3.63) is 39.3 Å². The maximum absolute atomic E-state index is 13.7. The van der Waals surface area contributed by atoms with E-state index in [1.54, 1.807) is 0 Å². The van der Waals surface area contributed by atoms with Gasteiger partial charge in [-0.05, 0) is 30.5 Å². The average molecular weight is 272 g/mol. The molecule has 0 aliphatic carbocycles. The molecular formula is C13H12Cl2FN. The van der Waals surface area contributed by atoms with Crippen LogP contribution in [0.15, 0.2) is 12.1 Å². The van der Waals surface area contributed by atoms with Crippen LogP contribution >= 0.6 is 23.2 Å². The molecule has 0 N–H and O–H groups in total. The smallest absolute Gasteiger partial charge is 0.149 e. The standard InChI is InChI=1S/C13H12Cl2FN/c1-6(2)10-7(3)17-13-9(16)5-4-8(14)11(13)12(10)15/h4-6H,1-3H3. The second-order valence-corrected chi connectivity index (χ2v) is 5.12. The lowest BCUT2D eigenvalue weighted by atomic mass is 9.99. The summed E-state index contributed by atoms with van der Waals surface area (Å²) in [6, 6.07) is 2.81. The molecule has 0 spiro atoms. The zero-order valence-electron chi connectivity index (χ0n) is 9.81. The number of aryl methyl sites for hydroxylation is 1. The Hall–Kier alpha value is -0.860. The summed E-state index contributed by atoms with van der Waals surface area (Å²) < 4.78 is 13.7. The topological polar surface area (TPSA) is 12.9 Å². The number of nitrogens with zero attached hydrogens (tertiary/aromatic N) is 1. The Morgan fingerprint density at radius 3 is 2.47 bits per heavy atom. The Morgan fingerprint density at radius 1 is 1.24 bits per heavy atom. The van der Waals surface area contributed by atoms with Gasteiger partial charge in [-0.1, -0.05) is 37.0 Å². The van der Waals surface area contributed by atoms with Crippen molar-refractivity contribution in [1.29, 1.82) is 0 Å². The summed E-state index contributed by atoms with van der Waals surface area (Å²) in [7, 11) is 0. The van der Waals surface area contributed by atoms with Gasteiger partial charge in [0.05, 0.1) is 10.0 Å². The van der Waals surface area contributed by atoms with Gasteiger partial charge in [-0.25, -0.2) is 9.37 Å². The molecule has 0 radical (unpaired) electrons. The lowest BCUT2D eigenvalue weighted by Gasteiger charge is -2.14. The van der Waals surface area contributed by atoms with Crippen LogP contribution in [0.3, 0.4) is 0 Å². The van der Waals surface area contributed by atoms with Crippen LogP contribution in [0.1, 0.15) is 31.0 Å². The molecule has 4 heteroatoms. The zero-order chi connectivity index (χ0) is 12.7. The minimum absolute atomic E-state index is 0.221. The van der Waals surface area contributed by atoms with E-state index in [1.165, 1.54) is 12.1 Å². The lowest BCUT2D eigenvalue weighted by molar-refractivity contribution is 0.636. The Bertz CT molecular complexity index is 594. The van der Waals surface area contributed by atoms with E-state index in [9.17, 15) is 4.39 Å². The molecule has 0 unspecified atom stereocenters. The highest BCUT2D eigenvalue weighted by Gasteiger charge is 2.17. The minimum atomic E-state index is -0.398. The molecule has 0 fully saturated rings. The summed E-state index contributed by atoms with van der Waals surface area (Å²) in [6.07, 6.45) is 0. The summed E-state index contributed by atoms with van der Waals surface area (Å²) >= 11 is 12.4. The molecule has 1 nitrogen and oxygen atoms in total. The van der Waals surface area contributed by atoms with Gasteiger partial charge in [0.25, 0.3) is 0 Å². The fourth-order valence-electron chi connectivity index (χ4n) is 2.05. The number of halogens is 3. The molecule has 0 aliphatic heterocycles. The van der Waals surface area contributed by atoms with Crippen molar-refractivity contribution >= 4 is 34.1 Å². The van der Waals surface area contributed by atoms with Gasteiger partial charge in [0.1, 0.15) is 11.3 Å². The average Bonchev–Trinajstić information content (AvgIpc) is 2.22. The summed E-state index contributed by atoms with van der Waals surface area (Å²) in [6.45, 7) is 5.88. The molecule has 17 heavy (non-hydrogen) atoms. The third-order valence-electron chi connectivity index (χ3n) is 2.78. The molecule has 2 rings (SSSR count). The highest BCUT2D eigenvalue weighted by Crippen LogP contribution is 2.37. The van der Waals surface area contributed by atoms with E-state index in [4.69, 9.17) is 23.2 Å². The van der Waals surface area contributed by atoms with E-state index in [1.807, 2.05) is 20.8 Å². The van der Waals surface area contributed by atoms with Gasteiger partial charge >= 0.3 is 0 Å². The van der Waals surface area contributed by atoms with E-state index in [2.05, 4.69) is 4.98 Å². The number of fused-ring (bicyclic) bond motifs is 1. The largest absolute Gasteiger partial charge is 0.250 e. The number of hydrogen-bond acceptors (Lipinski definition) is 1. The summed E-state index contributed by atoms with van der Waals surface area (Å²) in [5.41, 5.74) is 1.91. The normalized spacial score (nSPS) is 11.5. The first-order valence-corrected chi connectivity index (χ1v) is 6.12. The quantitative estimate of drug-likeness (QED) is 0.702. The van der Waals surface area contributed by atoms with E-state index >= 15 is 0 Å². The third kappa shape index (κ3) is 2.00. The van der Waals surface area contributed by atoms with Crippen molar-refractivity contribution in [2.24, 2.45) is 0 Å². The van der Waals surface area contributed by atoms with Gasteiger partial charge in [0.15, 0.2) is 0 Å². The highest BCUT2D eigenvalue weighted by molar-refractivity contribution is 6.42. The molecule has 0 aliphatic rings. The summed E-state index contributed by atoms with van der Waals surface area (Å²) in [5.74, 6) is -0.177. The Kier molecular flexibility index (Phi) is 3.28. The fourth-order valence-corrected chi connectivity index (χ4v) is 2.89. The van der Waals surface area contributed by atoms with E-state index in [0.717, 1.165) is 11.3 Å². The molecule has 0 saturated heterocycles. The van der Waals surface area contributed by atoms with Crippen LogP contribution in [0, 0.1) is 12.7 Å². The fraction of sp³-hybridized carbons (Fsp3) is 0.308. The van der Waals surface area contributed by atoms with Gasteiger partial charge in [0.2, 0.25) is 0 Å². The minimum Gasteiger partial charge on any atom is -0.250 e. The maximum atomic E-state index is 13.7. The SMILES string of the molecule is Cc1nc2c(F)ccc(Cl)c2c(Cl)c1C(C)C. The van der Waals surface area contributed by atoms with Crippen molar-refractivity contribution in [2.45, 2.75) is 26.7 Å². The lowest BCUT2D eigenvalue weighted by Crippen LogP contribution is -1.99. The van der Waals surface area contributed by atoms with E-state index in [-0.39, 0.29) is 11.4 Å². The highest BCUT2D eigenvalue weighted by atomic mass is 35.5. The molecule has 1 aromatic carbocycles. The van der Waals surface area contributed by atoms with Crippen molar-refractivity contribution in [3.8, 4) is 0 Å². The molecule has 1 aromatic heterocycles. The molecule has 90 valence electrons. The van der Waals surface area contributed by atoms with Crippen LogP contribution in [0.2, 0.25) is 10.0 Å². The molecule has 1 heterocycles. The van der Waals surface area contributed by atoms with Gasteiger partial charge in [-0.15, -0.1) is 0 Å². The number of hydrogen-bond donors (Lipinski definition) is 0. The van der Waals surface area contributed by atoms with Gasteiger partial charge in [-0.2, -0.15) is 0 Å². The van der Waals surface area contributed by atoms with Gasteiger partial charge < -0.3 is 0 Å². The number of rotatable bonds is 1. The van der Waals surface area contributed by atoms with Crippen molar-refractivity contribution in [2.75, 3.05) is 0 Å². The predicted octanol–water partition coefficient (Wildman–Crippen LogP) is 5.11. The third-order valence-corrected chi connectivity index (χ3v) is 3.49. The second kappa shape index (κ2) is 4.43. The van der Waals surface area contributed by atoms with Crippen LogP contribution in [-0.2, 0) is 0 Å². The van der Waals surface area contributed by atoms with Crippen LogP contribution in [0.25, 0.3) is 10.9 Å². The summed E-state index contributed by atoms with van der Waals surface area (Å²) in [4.78, 5) is 4.27. The first-order chi connectivity index (χ1) is 7.93. The maximum Gasteiger partial charge on any atom is 0.149 e. The number of pyridine rings is 1. The molecule has 0 bridgehead atoms. The molecule has 0 saturated carbocycles. The Labute approximate surface area is 110 Å². The summed E-state index contributed by atoms with van der Waals surface area (Å²) in [5, 5.41) is 1.44. The predicted molar refractivity (Wildman–Crippen MR) is 70.5 cm³/mol. The van der Waals surface area contributed by atoms with Crippen molar-refractivity contribution < 1.29 is 4.39 Å². The van der Waals surface area contributed by atoms with Crippen LogP contribution in [0.5, 0.6) is 0 Å². The first kappa shape index (κ1) is 12.6. The Balaban J connectivity index is 2.97.